The molecule has 93 heavy (non-hydrogen) atoms. The topological polar surface area (TPSA) is 134 Å². The van der Waals surface area contributed by atoms with Gasteiger partial charge in [-0.3, -0.25) is 19.1 Å². The highest BCUT2D eigenvalue weighted by Crippen LogP contribution is 2.39. The fourth-order valence-corrected chi connectivity index (χ4v) is 13.3. The van der Waals surface area contributed by atoms with Crippen LogP contribution < -0.4 is 14.2 Å². The van der Waals surface area contributed by atoms with Crippen molar-refractivity contribution in [1.29, 1.82) is 0 Å². The van der Waals surface area contributed by atoms with Crippen molar-refractivity contribution < 1.29 is 38.5 Å². The Kier molecular flexibility index (Phi) is 24.9. The van der Waals surface area contributed by atoms with Gasteiger partial charge < -0.3 is 19.3 Å². The maximum absolute atomic E-state index is 12.9. The zero-order valence-electron chi connectivity index (χ0n) is 58.1. The zero-order valence-corrected chi connectivity index (χ0v) is 59.7. The van der Waals surface area contributed by atoms with Gasteiger partial charge in [0.25, 0.3) is 0 Å². The first-order valence-electron chi connectivity index (χ1n) is 32.5. The number of benzene rings is 6. The van der Waals surface area contributed by atoms with E-state index in [1.165, 1.54) is 58.5 Å². The summed E-state index contributed by atoms with van der Waals surface area (Å²) in [6.07, 6.45) is 3.55. The number of aliphatic carboxylic acids is 1. The van der Waals surface area contributed by atoms with E-state index in [0.29, 0.717) is 55.3 Å². The third kappa shape index (κ3) is 21.2. The third-order valence-electron chi connectivity index (χ3n) is 15.7. The van der Waals surface area contributed by atoms with Crippen LogP contribution in [0.25, 0.3) is 32.1 Å². The highest BCUT2D eigenvalue weighted by Gasteiger charge is 2.22. The van der Waals surface area contributed by atoms with E-state index in [1.54, 1.807) is 29.5 Å². The van der Waals surface area contributed by atoms with Crippen LogP contribution in [-0.2, 0) is 24.1 Å². The van der Waals surface area contributed by atoms with Crippen molar-refractivity contribution in [3.63, 3.8) is 0 Å². The molecule has 1 N–H and O–H groups in total. The van der Waals surface area contributed by atoms with Crippen LogP contribution in [0, 0.1) is 41.5 Å². The Morgan fingerprint density at radius 3 is 1.15 bits per heavy atom. The van der Waals surface area contributed by atoms with Gasteiger partial charge in [-0.05, 0) is 240 Å². The normalized spacial score (nSPS) is 11.5. The average molecular weight is 1290 g/mol. The minimum absolute atomic E-state index is 0.0767. The number of rotatable bonds is 23. The van der Waals surface area contributed by atoms with Crippen LogP contribution in [0.15, 0.2) is 146 Å². The fourth-order valence-electron chi connectivity index (χ4n) is 10.7. The average Bonchev–Trinajstić information content (AvgIpc) is 1.77. The number of carbonyl (C=O) groups excluding carboxylic acids is 3. The number of ketones is 3. The largest absolute Gasteiger partial charge is 0.488 e. The van der Waals surface area contributed by atoms with Crippen molar-refractivity contribution in [2.75, 3.05) is 6.61 Å². The van der Waals surface area contributed by atoms with Crippen molar-refractivity contribution in [1.82, 2.24) is 9.78 Å². The van der Waals surface area contributed by atoms with Crippen LogP contribution in [-0.4, -0.2) is 56.0 Å². The van der Waals surface area contributed by atoms with Crippen LogP contribution in [0.4, 0.5) is 0 Å². The number of hydrogen-bond donors (Lipinski definition) is 1. The number of aromatic nitrogens is 2. The lowest BCUT2D eigenvalue weighted by molar-refractivity contribution is -0.139. The second-order valence-corrected chi connectivity index (χ2v) is 29.5. The van der Waals surface area contributed by atoms with Gasteiger partial charge >= 0.3 is 5.97 Å². The molecule has 6 aromatic carbocycles. The molecule has 0 radical (unpaired) electrons. The van der Waals surface area contributed by atoms with Crippen LogP contribution in [0.2, 0.25) is 0 Å². The lowest BCUT2D eigenvalue weighted by atomic mass is 9.98. The third-order valence-corrected chi connectivity index (χ3v) is 18.2. The monoisotopic (exact) mass is 1290 g/mol. The van der Waals surface area contributed by atoms with E-state index in [-0.39, 0.29) is 34.6 Å². The van der Waals surface area contributed by atoms with Gasteiger partial charge in [-0.1, -0.05) is 117 Å². The molecule has 0 aliphatic rings. The highest BCUT2D eigenvalue weighted by atomic mass is 32.1. The Balaban J connectivity index is 0.000000198. The minimum atomic E-state index is -1.03. The number of aryl methyl sites for hydroxylation is 9. The SMILES string of the molecule is Cc1ccc(-c2cc(C(C)C)c(CCC(=O)c3ccc(OC(C)(C)C)c(C)c3)s2)cc1.Cc1ccc(-c2cc(C(C)C)c(CCC(=O)c3ccc(OCC(=O)O)c(C)c3)s2)cc1.Cc1ccc(-c2cc(CCC(=O)c3ccc(OC(C)(C)C)c(C)c3)n(C(C)C)n2)cc1. The van der Waals surface area contributed by atoms with E-state index in [1.807, 2.05) is 115 Å². The Hall–Kier alpha value is -8.19. The zero-order chi connectivity index (χ0) is 68.1. The lowest BCUT2D eigenvalue weighted by Crippen LogP contribution is -2.23. The van der Waals surface area contributed by atoms with Crippen molar-refractivity contribution in [2.24, 2.45) is 0 Å². The first kappa shape index (κ1) is 72.2. The fraction of sp³-hybridized carbons (Fsp3) is 0.370. The smallest absolute Gasteiger partial charge is 0.341 e. The van der Waals surface area contributed by atoms with Crippen LogP contribution in [0.5, 0.6) is 17.2 Å². The molecule has 0 aliphatic heterocycles. The van der Waals surface area contributed by atoms with E-state index in [9.17, 15) is 19.2 Å². The molecular formula is C81H96N2O8S2. The molecule has 490 valence electrons. The Bertz CT molecular complexity index is 3840. The van der Waals surface area contributed by atoms with E-state index < -0.39 is 12.6 Å². The molecule has 9 aromatic rings. The summed E-state index contributed by atoms with van der Waals surface area (Å²) in [6.45, 7) is 36.9. The standard InChI is InChI=1S/C28H34O2S.C27H34N2O2.C26H28O4S/c1-18(2)23-17-27(21-10-8-19(3)9-11-21)31-26(23)15-13-24(29)22-12-14-25(20(4)16-22)30-28(5,6)7;1-18(2)29-23(17-24(28-29)21-10-8-19(3)9-11-21)13-14-25(30)22-12-15-26(20(4)16-22)31-27(5,6)7;1-16(2)21-14-25(19-7-5-17(3)6-8-19)31-24(21)12-10-22(27)20-9-11-23(18(4)13-20)30-15-26(28)29/h8-12,14,16-18H,13,15H2,1-7H3;8-12,15-18H,13-14H2,1-7H3;5-9,11,13-14,16H,10,12,15H2,1-4H3,(H,28,29). The molecule has 0 amide bonds. The van der Waals surface area contributed by atoms with E-state index in [2.05, 4.69) is 153 Å². The molecule has 0 atom stereocenters. The second kappa shape index (κ2) is 32.1. The van der Waals surface area contributed by atoms with Gasteiger partial charge in [0.05, 0.1) is 5.69 Å². The van der Waals surface area contributed by atoms with Gasteiger partial charge in [-0.15, -0.1) is 22.7 Å². The first-order chi connectivity index (χ1) is 43.8. The van der Waals surface area contributed by atoms with Crippen molar-refractivity contribution in [2.45, 2.75) is 192 Å². The maximum atomic E-state index is 12.9. The quantitative estimate of drug-likeness (QED) is 0.0621. The molecule has 0 bridgehead atoms. The second-order valence-electron chi connectivity index (χ2n) is 27.3. The molecule has 0 saturated carbocycles. The number of Topliss-reactive ketones (excluding diaryl/α,β-unsaturated/α-hetero) is 3. The van der Waals surface area contributed by atoms with Crippen LogP contribution in [0.3, 0.4) is 0 Å². The minimum Gasteiger partial charge on any atom is -0.488 e. The number of carboxylic acid groups (broad SMARTS) is 1. The molecule has 0 aliphatic carbocycles. The summed E-state index contributed by atoms with van der Waals surface area (Å²) >= 11 is 3.59. The van der Waals surface area contributed by atoms with Gasteiger partial charge in [0, 0.05) is 72.8 Å². The molecule has 9 rings (SSSR count). The number of carboxylic acids is 1. The molecular weight excluding hydrogens is 1190 g/mol. The van der Waals surface area contributed by atoms with Crippen molar-refractivity contribution in [3.8, 4) is 49.4 Å². The maximum Gasteiger partial charge on any atom is 0.341 e. The summed E-state index contributed by atoms with van der Waals surface area (Å²) in [6, 6.07) is 49.2. The summed E-state index contributed by atoms with van der Waals surface area (Å²) < 4.78 is 19.2. The number of carbonyl (C=O) groups is 4. The van der Waals surface area contributed by atoms with Gasteiger partial charge in [-0.2, -0.15) is 5.10 Å². The first-order valence-corrected chi connectivity index (χ1v) is 34.1. The van der Waals surface area contributed by atoms with Crippen molar-refractivity contribution in [3.05, 3.63) is 222 Å². The van der Waals surface area contributed by atoms with E-state index in [0.717, 1.165) is 62.7 Å². The summed E-state index contributed by atoms with van der Waals surface area (Å²) in [5.74, 6) is 2.36. The van der Waals surface area contributed by atoms with Crippen LogP contribution >= 0.6 is 22.7 Å². The van der Waals surface area contributed by atoms with Gasteiger partial charge in [0.2, 0.25) is 0 Å². The summed E-state index contributed by atoms with van der Waals surface area (Å²) in [7, 11) is 0. The summed E-state index contributed by atoms with van der Waals surface area (Å²) in [4.78, 5) is 54.4. The van der Waals surface area contributed by atoms with Gasteiger partial charge in [-0.25, -0.2) is 4.79 Å². The van der Waals surface area contributed by atoms with Gasteiger partial charge in [0.15, 0.2) is 24.0 Å². The molecule has 12 heteroatoms. The molecule has 0 saturated heterocycles. The highest BCUT2D eigenvalue weighted by molar-refractivity contribution is 7.16. The molecule has 3 heterocycles. The molecule has 0 unspecified atom stereocenters. The Morgan fingerprint density at radius 2 is 0.817 bits per heavy atom. The number of hydrogen-bond acceptors (Lipinski definition) is 10. The Labute approximate surface area is 561 Å². The van der Waals surface area contributed by atoms with Crippen molar-refractivity contribution >= 4 is 46.0 Å². The predicted octanol–water partition coefficient (Wildman–Crippen LogP) is 21.3. The Morgan fingerprint density at radius 1 is 0.462 bits per heavy atom. The summed E-state index contributed by atoms with van der Waals surface area (Å²) in [5, 5.41) is 13.6. The summed E-state index contributed by atoms with van der Waals surface area (Å²) in [5.41, 5.74) is 16.4. The molecule has 0 spiro atoms. The van der Waals surface area contributed by atoms with Crippen LogP contribution in [0.1, 0.15) is 211 Å². The molecule has 10 nitrogen and oxygen atoms in total. The predicted molar refractivity (Wildman–Crippen MR) is 385 cm³/mol. The van der Waals surface area contributed by atoms with E-state index >= 15 is 0 Å². The molecule has 0 fully saturated rings. The number of thiophene rings is 2. The lowest BCUT2D eigenvalue weighted by Gasteiger charge is -2.22. The van der Waals surface area contributed by atoms with Gasteiger partial charge in [0.1, 0.15) is 28.5 Å². The molecule has 3 aromatic heterocycles. The van der Waals surface area contributed by atoms with E-state index in [4.69, 9.17) is 24.4 Å². The number of ether oxygens (including phenoxy) is 3. The number of nitrogens with zero attached hydrogens (tertiary/aromatic N) is 2.